The van der Waals surface area contributed by atoms with Gasteiger partial charge in [-0.05, 0) is 24.3 Å². The quantitative estimate of drug-likeness (QED) is 0.866. The highest BCUT2D eigenvalue weighted by Crippen LogP contribution is 2.29. The zero-order chi connectivity index (χ0) is 13.9. The molecule has 0 saturated heterocycles. The maximum absolute atomic E-state index is 12.3. The summed E-state index contributed by atoms with van der Waals surface area (Å²) in [4.78, 5) is -0.248. The number of hydrogen-bond acceptors (Lipinski definition) is 3. The number of sulfone groups is 1. The van der Waals surface area contributed by atoms with Crippen molar-refractivity contribution in [2.24, 2.45) is 0 Å². The van der Waals surface area contributed by atoms with Crippen molar-refractivity contribution in [2.45, 2.75) is 16.4 Å². The molecule has 3 nitrogen and oxygen atoms in total. The van der Waals surface area contributed by atoms with E-state index in [1.165, 1.54) is 36.4 Å². The lowest BCUT2D eigenvalue weighted by Crippen LogP contribution is -2.08. The van der Waals surface area contributed by atoms with Crippen molar-refractivity contribution in [1.82, 2.24) is 0 Å². The fraction of sp³-hybridized carbons (Fsp3) is 0.0769. The van der Waals surface area contributed by atoms with Crippen molar-refractivity contribution in [3.63, 3.8) is 0 Å². The Balaban J connectivity index is 2.53. The van der Waals surface area contributed by atoms with E-state index in [0.29, 0.717) is 0 Å². The molecule has 0 radical (unpaired) electrons. The molecule has 0 unspecified atom stereocenters. The van der Waals surface area contributed by atoms with Crippen LogP contribution in [0.3, 0.4) is 0 Å². The van der Waals surface area contributed by atoms with E-state index in [2.05, 4.69) is 4.74 Å². The number of ether oxygens (including phenoxy) is 1. The molecule has 0 aliphatic carbocycles. The molecule has 0 atom stereocenters. The SMILES string of the molecule is O=S(=O)(c1ccccc1)c1ccccc1OC(F)F. The first-order valence-corrected chi connectivity index (χ1v) is 6.84. The summed E-state index contributed by atoms with van der Waals surface area (Å²) in [5, 5.41) is 0. The third kappa shape index (κ3) is 2.90. The average Bonchev–Trinajstić information content (AvgIpc) is 2.39. The first kappa shape index (κ1) is 13.5. The van der Waals surface area contributed by atoms with Crippen LogP contribution in [0.1, 0.15) is 0 Å². The van der Waals surface area contributed by atoms with Crippen LogP contribution in [0.5, 0.6) is 5.75 Å². The Morgan fingerprint density at radius 1 is 0.895 bits per heavy atom. The van der Waals surface area contributed by atoms with E-state index in [0.717, 1.165) is 0 Å². The molecule has 0 aliphatic heterocycles. The fourth-order valence-corrected chi connectivity index (χ4v) is 3.00. The monoisotopic (exact) mass is 284 g/mol. The second-order valence-electron chi connectivity index (χ2n) is 3.64. The zero-order valence-electron chi connectivity index (χ0n) is 9.66. The fourth-order valence-electron chi connectivity index (χ4n) is 1.59. The van der Waals surface area contributed by atoms with Crippen LogP contribution in [0.4, 0.5) is 8.78 Å². The van der Waals surface area contributed by atoms with Crippen molar-refractivity contribution >= 4 is 9.84 Å². The van der Waals surface area contributed by atoms with Crippen LogP contribution < -0.4 is 4.74 Å². The number of hydrogen-bond donors (Lipinski definition) is 0. The summed E-state index contributed by atoms with van der Waals surface area (Å²) in [6, 6.07) is 12.9. The molecular formula is C13H10F2O3S. The number of benzene rings is 2. The van der Waals surface area contributed by atoms with E-state index < -0.39 is 16.4 Å². The molecular weight excluding hydrogens is 274 g/mol. The third-order valence-corrected chi connectivity index (χ3v) is 4.22. The van der Waals surface area contributed by atoms with Crippen LogP contribution >= 0.6 is 0 Å². The zero-order valence-corrected chi connectivity index (χ0v) is 10.5. The molecule has 6 heteroatoms. The summed E-state index contributed by atoms with van der Waals surface area (Å²) in [5.74, 6) is -0.360. The molecule has 19 heavy (non-hydrogen) atoms. The maximum atomic E-state index is 12.3. The molecule has 2 rings (SSSR count). The van der Waals surface area contributed by atoms with E-state index in [9.17, 15) is 17.2 Å². The van der Waals surface area contributed by atoms with Crippen molar-refractivity contribution in [1.29, 1.82) is 0 Å². The van der Waals surface area contributed by atoms with Gasteiger partial charge in [0.25, 0.3) is 0 Å². The smallest absolute Gasteiger partial charge is 0.387 e. The standard InChI is InChI=1S/C13H10F2O3S/c14-13(15)18-11-8-4-5-9-12(11)19(16,17)10-6-2-1-3-7-10/h1-9,13H. The van der Waals surface area contributed by atoms with Crippen LogP contribution in [0.25, 0.3) is 0 Å². The first-order chi connectivity index (χ1) is 9.01. The van der Waals surface area contributed by atoms with Gasteiger partial charge in [-0.2, -0.15) is 8.78 Å². The van der Waals surface area contributed by atoms with Crippen molar-refractivity contribution in [2.75, 3.05) is 0 Å². The molecule has 0 bridgehead atoms. The molecule has 0 heterocycles. The Kier molecular flexibility index (Phi) is 3.80. The second kappa shape index (κ2) is 5.36. The van der Waals surface area contributed by atoms with Crippen LogP contribution in [0.15, 0.2) is 64.4 Å². The van der Waals surface area contributed by atoms with Crippen LogP contribution in [0.2, 0.25) is 0 Å². The first-order valence-electron chi connectivity index (χ1n) is 5.36. The van der Waals surface area contributed by atoms with Gasteiger partial charge in [0.15, 0.2) is 0 Å². The second-order valence-corrected chi connectivity index (χ2v) is 5.56. The summed E-state index contributed by atoms with van der Waals surface area (Å²) in [7, 11) is -3.87. The van der Waals surface area contributed by atoms with Gasteiger partial charge in [-0.25, -0.2) is 8.42 Å². The maximum Gasteiger partial charge on any atom is 0.387 e. The largest absolute Gasteiger partial charge is 0.433 e. The lowest BCUT2D eigenvalue weighted by molar-refractivity contribution is -0.0517. The highest BCUT2D eigenvalue weighted by Gasteiger charge is 2.23. The minimum Gasteiger partial charge on any atom is -0.433 e. The minimum atomic E-state index is -3.87. The van der Waals surface area contributed by atoms with E-state index in [1.807, 2.05) is 0 Å². The lowest BCUT2D eigenvalue weighted by atomic mass is 10.3. The molecule has 2 aromatic carbocycles. The Hall–Kier alpha value is -1.95. The van der Waals surface area contributed by atoms with Crippen molar-refractivity contribution in [3.05, 3.63) is 54.6 Å². The van der Waals surface area contributed by atoms with Gasteiger partial charge in [-0.3, -0.25) is 0 Å². The van der Waals surface area contributed by atoms with Crippen molar-refractivity contribution in [3.8, 4) is 5.75 Å². The predicted molar refractivity (Wildman–Crippen MR) is 65.0 cm³/mol. The summed E-state index contributed by atoms with van der Waals surface area (Å²) >= 11 is 0. The summed E-state index contributed by atoms with van der Waals surface area (Å²) < 4.78 is 53.4. The van der Waals surface area contributed by atoms with Gasteiger partial charge in [0.05, 0.1) is 4.90 Å². The molecule has 0 N–H and O–H groups in total. The third-order valence-electron chi connectivity index (χ3n) is 2.41. The Morgan fingerprint density at radius 2 is 1.47 bits per heavy atom. The van der Waals surface area contributed by atoms with E-state index in [-0.39, 0.29) is 15.5 Å². The average molecular weight is 284 g/mol. The van der Waals surface area contributed by atoms with Crippen LogP contribution in [-0.4, -0.2) is 15.0 Å². The molecule has 0 aliphatic rings. The lowest BCUT2D eigenvalue weighted by Gasteiger charge is -2.11. The molecule has 0 saturated carbocycles. The molecule has 2 aromatic rings. The van der Waals surface area contributed by atoms with Gasteiger partial charge in [0.2, 0.25) is 9.84 Å². The van der Waals surface area contributed by atoms with E-state index in [4.69, 9.17) is 0 Å². The summed E-state index contributed by atoms with van der Waals surface area (Å²) in [6.45, 7) is -3.08. The molecule has 0 aromatic heterocycles. The van der Waals surface area contributed by atoms with Gasteiger partial charge in [-0.1, -0.05) is 30.3 Å². The normalized spacial score (nSPS) is 11.5. The van der Waals surface area contributed by atoms with Gasteiger partial charge < -0.3 is 4.74 Å². The number of rotatable bonds is 4. The molecule has 0 amide bonds. The van der Waals surface area contributed by atoms with Crippen LogP contribution in [0, 0.1) is 0 Å². The minimum absolute atomic E-state index is 0.0281. The molecule has 0 fully saturated rings. The van der Waals surface area contributed by atoms with E-state index in [1.54, 1.807) is 18.2 Å². The van der Waals surface area contributed by atoms with E-state index >= 15 is 0 Å². The highest BCUT2D eigenvalue weighted by molar-refractivity contribution is 7.91. The number of halogens is 2. The Bertz CT molecular complexity index is 655. The van der Waals surface area contributed by atoms with Crippen LogP contribution in [-0.2, 0) is 9.84 Å². The van der Waals surface area contributed by atoms with Gasteiger partial charge >= 0.3 is 6.61 Å². The van der Waals surface area contributed by atoms with Crippen molar-refractivity contribution < 1.29 is 21.9 Å². The van der Waals surface area contributed by atoms with Gasteiger partial charge in [0.1, 0.15) is 10.6 Å². The number of alkyl halides is 2. The Morgan fingerprint density at radius 3 is 2.11 bits per heavy atom. The number of para-hydroxylation sites is 1. The molecule has 0 spiro atoms. The summed E-state index contributed by atoms with van der Waals surface area (Å²) in [5.41, 5.74) is 0. The molecule has 100 valence electrons. The highest BCUT2D eigenvalue weighted by atomic mass is 32.2. The van der Waals surface area contributed by atoms with Gasteiger partial charge in [0, 0.05) is 0 Å². The Labute approximate surface area is 109 Å². The topological polar surface area (TPSA) is 43.4 Å². The van der Waals surface area contributed by atoms with Gasteiger partial charge in [-0.15, -0.1) is 0 Å². The predicted octanol–water partition coefficient (Wildman–Crippen LogP) is 3.12. The summed E-state index contributed by atoms with van der Waals surface area (Å²) in [6.07, 6.45) is 0.